The number of nitrogens with zero attached hydrogens (tertiary/aromatic N) is 1. The van der Waals surface area contributed by atoms with Gasteiger partial charge in [0.2, 0.25) is 0 Å². The lowest BCUT2D eigenvalue weighted by molar-refractivity contribution is -0.605. The average Bonchev–Trinajstić information content (AvgIpc) is 2.35. The van der Waals surface area contributed by atoms with Crippen molar-refractivity contribution in [1.29, 1.82) is 0 Å². The van der Waals surface area contributed by atoms with E-state index >= 15 is 0 Å². The van der Waals surface area contributed by atoms with E-state index in [2.05, 4.69) is 48.9 Å². The summed E-state index contributed by atoms with van der Waals surface area (Å²) in [5.41, 5.74) is 3.58. The lowest BCUT2D eigenvalue weighted by atomic mass is 10.1. The van der Waals surface area contributed by atoms with Crippen molar-refractivity contribution in [2.45, 2.75) is 6.54 Å². The van der Waals surface area contributed by atoms with Crippen molar-refractivity contribution in [2.75, 3.05) is 14.1 Å². The Hall–Kier alpha value is -1.80. The normalized spacial score (nSPS) is 11.1. The van der Waals surface area contributed by atoms with E-state index in [9.17, 15) is 0 Å². The van der Waals surface area contributed by atoms with Gasteiger partial charge in [-0.15, -0.1) is 0 Å². The summed E-state index contributed by atoms with van der Waals surface area (Å²) in [4.78, 5) is 2.05. The Kier molecular flexibility index (Phi) is 5.24. The largest absolute Gasteiger partial charge is 0.373 e. The molecule has 0 aliphatic rings. The van der Waals surface area contributed by atoms with Gasteiger partial charge in [0.15, 0.2) is 0 Å². The molecular weight excluding hydrogens is 208 g/mol. The maximum atomic E-state index is 3.79. The van der Waals surface area contributed by atoms with E-state index in [1.165, 1.54) is 5.56 Å². The van der Waals surface area contributed by atoms with Crippen LogP contribution in [0.1, 0.15) is 11.1 Å². The minimum absolute atomic E-state index is 0.933. The third kappa shape index (κ3) is 4.29. The molecule has 0 aliphatic heterocycles. The zero-order valence-electron chi connectivity index (χ0n) is 10.7. The molecule has 0 saturated carbocycles. The van der Waals surface area contributed by atoms with Gasteiger partial charge in [0.1, 0.15) is 12.7 Å². The Morgan fingerprint density at radius 3 is 2.35 bits per heavy atom. The van der Waals surface area contributed by atoms with Crippen molar-refractivity contribution >= 4 is 6.08 Å². The second-order valence-corrected chi connectivity index (χ2v) is 4.08. The molecule has 0 saturated heterocycles. The highest BCUT2D eigenvalue weighted by atomic mass is 15.1. The third-order valence-corrected chi connectivity index (χ3v) is 2.58. The Bertz CT molecular complexity index is 399. The van der Waals surface area contributed by atoms with Crippen molar-refractivity contribution < 1.29 is 5.32 Å². The first-order chi connectivity index (χ1) is 8.17. The lowest BCUT2D eigenvalue weighted by Crippen LogP contribution is -2.76. The Morgan fingerprint density at radius 1 is 1.24 bits per heavy atom. The summed E-state index contributed by atoms with van der Waals surface area (Å²) >= 11 is 0. The van der Waals surface area contributed by atoms with Gasteiger partial charge in [-0.1, -0.05) is 43.5 Å². The second kappa shape index (κ2) is 6.71. The van der Waals surface area contributed by atoms with E-state index in [4.69, 9.17) is 0 Å². The number of quaternary nitrogens is 1. The number of hydrogen-bond acceptors (Lipinski definition) is 1. The summed E-state index contributed by atoms with van der Waals surface area (Å²) in [5, 5.41) is 2.15. The lowest BCUT2D eigenvalue weighted by Gasteiger charge is -2.11. The summed E-state index contributed by atoms with van der Waals surface area (Å²) in [6, 6.07) is 8.43. The fourth-order valence-electron chi connectivity index (χ4n) is 1.51. The number of hydrogen-bond donors (Lipinski definition) is 1. The third-order valence-electron chi connectivity index (χ3n) is 2.58. The number of benzene rings is 1. The molecule has 90 valence electrons. The van der Waals surface area contributed by atoms with Gasteiger partial charge in [-0.05, 0) is 11.6 Å². The van der Waals surface area contributed by atoms with Crippen LogP contribution >= 0.6 is 0 Å². The van der Waals surface area contributed by atoms with Gasteiger partial charge in [0.25, 0.3) is 0 Å². The molecule has 2 nitrogen and oxygen atoms in total. The van der Waals surface area contributed by atoms with Crippen LogP contribution in [0.25, 0.3) is 6.08 Å². The monoisotopic (exact) mass is 229 g/mol. The predicted molar refractivity (Wildman–Crippen MR) is 74.1 cm³/mol. The highest BCUT2D eigenvalue weighted by Gasteiger charge is 1.97. The van der Waals surface area contributed by atoms with Crippen LogP contribution < -0.4 is 5.32 Å². The van der Waals surface area contributed by atoms with Crippen molar-refractivity contribution in [3.05, 3.63) is 66.5 Å². The van der Waals surface area contributed by atoms with Crippen LogP contribution in [0.15, 0.2) is 55.4 Å². The molecule has 1 aromatic rings. The van der Waals surface area contributed by atoms with E-state index < -0.39 is 0 Å². The summed E-state index contributed by atoms with van der Waals surface area (Å²) in [5.74, 6) is 0. The molecule has 1 rings (SSSR count). The highest BCUT2D eigenvalue weighted by molar-refractivity contribution is 5.47. The van der Waals surface area contributed by atoms with Crippen LogP contribution in [0.4, 0.5) is 0 Å². The molecule has 0 bridgehead atoms. The van der Waals surface area contributed by atoms with E-state index in [1.807, 2.05) is 31.1 Å². The Morgan fingerprint density at radius 2 is 1.88 bits per heavy atom. The minimum atomic E-state index is 0.933. The first-order valence-corrected chi connectivity index (χ1v) is 5.72. The molecule has 0 fully saturated rings. The quantitative estimate of drug-likeness (QED) is 0.739. The predicted octanol–water partition coefficient (Wildman–Crippen LogP) is 1.98. The molecule has 0 amide bonds. The molecule has 2 heteroatoms. The van der Waals surface area contributed by atoms with Crippen LogP contribution in [-0.4, -0.2) is 19.0 Å². The summed E-state index contributed by atoms with van der Waals surface area (Å²) < 4.78 is 0. The second-order valence-electron chi connectivity index (χ2n) is 4.08. The highest BCUT2D eigenvalue weighted by Crippen LogP contribution is 2.04. The Balaban J connectivity index is 2.55. The van der Waals surface area contributed by atoms with Gasteiger partial charge in [0, 0.05) is 19.7 Å². The Labute approximate surface area is 104 Å². The van der Waals surface area contributed by atoms with E-state index in [0.717, 1.165) is 17.8 Å². The van der Waals surface area contributed by atoms with Crippen molar-refractivity contribution in [2.24, 2.45) is 0 Å². The van der Waals surface area contributed by atoms with Gasteiger partial charge >= 0.3 is 0 Å². The van der Waals surface area contributed by atoms with Crippen LogP contribution in [0, 0.1) is 0 Å². The molecule has 2 N–H and O–H groups in total. The number of nitrogens with two attached hydrogens (primary N) is 1. The SMILES string of the molecule is C=C/C(=C/[NH2+]Cc1ccc(C=C)cc1)N(C)C. The van der Waals surface area contributed by atoms with Crippen molar-refractivity contribution in [1.82, 2.24) is 4.90 Å². The van der Waals surface area contributed by atoms with Crippen LogP contribution in [0.3, 0.4) is 0 Å². The zero-order valence-corrected chi connectivity index (χ0v) is 10.7. The van der Waals surface area contributed by atoms with Gasteiger partial charge < -0.3 is 10.2 Å². The number of rotatable bonds is 6. The molecule has 0 heterocycles. The summed E-state index contributed by atoms with van der Waals surface area (Å²) in [6.07, 6.45) is 5.81. The summed E-state index contributed by atoms with van der Waals surface area (Å²) in [6.45, 7) is 8.47. The maximum absolute atomic E-state index is 3.79. The van der Waals surface area contributed by atoms with Crippen LogP contribution in [0.5, 0.6) is 0 Å². The first-order valence-electron chi connectivity index (χ1n) is 5.72. The average molecular weight is 229 g/mol. The molecule has 0 radical (unpaired) electrons. The molecule has 0 unspecified atom stereocenters. The molecule has 0 aliphatic carbocycles. The fraction of sp³-hybridized carbons (Fsp3) is 0.200. The van der Waals surface area contributed by atoms with Crippen LogP contribution in [0.2, 0.25) is 0 Å². The van der Waals surface area contributed by atoms with Crippen LogP contribution in [-0.2, 0) is 6.54 Å². The fourth-order valence-corrected chi connectivity index (χ4v) is 1.51. The smallest absolute Gasteiger partial charge is 0.116 e. The van der Waals surface area contributed by atoms with Crippen molar-refractivity contribution in [3.8, 4) is 0 Å². The van der Waals surface area contributed by atoms with Gasteiger partial charge in [0.05, 0.1) is 5.70 Å². The standard InChI is InChI=1S/C15H20N2/c1-5-13-7-9-14(10-8-13)11-16-12-15(6-2)17(3)4/h5-10,12,16H,1-2,11H2,3-4H3/p+1/b15-12-. The van der Waals surface area contributed by atoms with Gasteiger partial charge in [-0.2, -0.15) is 0 Å². The molecule has 1 aromatic carbocycles. The number of allylic oxidation sites excluding steroid dienone is 1. The van der Waals surface area contributed by atoms with E-state index in [1.54, 1.807) is 0 Å². The maximum Gasteiger partial charge on any atom is 0.116 e. The van der Waals surface area contributed by atoms with Crippen molar-refractivity contribution in [3.63, 3.8) is 0 Å². The van der Waals surface area contributed by atoms with Gasteiger partial charge in [-0.25, -0.2) is 0 Å². The first kappa shape index (κ1) is 13.3. The van der Waals surface area contributed by atoms with Gasteiger partial charge in [-0.3, -0.25) is 0 Å². The molecule has 0 aromatic heterocycles. The van der Waals surface area contributed by atoms with E-state index in [0.29, 0.717) is 0 Å². The zero-order chi connectivity index (χ0) is 12.7. The number of likely N-dealkylation sites (N-methyl/N-ethyl adjacent to an activating group) is 1. The molecule has 17 heavy (non-hydrogen) atoms. The molecule has 0 spiro atoms. The molecule has 0 atom stereocenters. The summed E-state index contributed by atoms with van der Waals surface area (Å²) in [7, 11) is 4.03. The topological polar surface area (TPSA) is 19.9 Å². The molecular formula is C15H21N2+. The van der Waals surface area contributed by atoms with E-state index in [-0.39, 0.29) is 0 Å². The minimum Gasteiger partial charge on any atom is -0.373 e.